The molecule has 0 aromatic heterocycles. The van der Waals surface area contributed by atoms with Gasteiger partial charge in [-0.15, -0.1) is 0 Å². The fourth-order valence-corrected chi connectivity index (χ4v) is 2.09. The lowest BCUT2D eigenvalue weighted by Crippen LogP contribution is -2.29. The minimum absolute atomic E-state index is 0.215. The second-order valence-electron chi connectivity index (χ2n) is 5.42. The molecule has 0 bridgehead atoms. The second kappa shape index (κ2) is 7.40. The Hall–Kier alpha value is -2.88. The van der Waals surface area contributed by atoms with E-state index in [0.29, 0.717) is 5.69 Å². The molecular formula is C19H20N2O2. The molecule has 0 atom stereocenters. The molecule has 0 unspecified atom stereocenters. The topological polar surface area (TPSA) is 58.2 Å². The van der Waals surface area contributed by atoms with Crippen LogP contribution in [0.4, 0.5) is 5.69 Å². The number of anilines is 1. The van der Waals surface area contributed by atoms with Crippen molar-refractivity contribution in [2.45, 2.75) is 20.8 Å². The van der Waals surface area contributed by atoms with Crippen LogP contribution in [0.3, 0.4) is 0 Å². The number of rotatable bonds is 4. The molecule has 23 heavy (non-hydrogen) atoms. The van der Waals surface area contributed by atoms with Gasteiger partial charge in [0.05, 0.1) is 0 Å². The Balaban J connectivity index is 2.27. The molecule has 2 aromatic carbocycles. The lowest BCUT2D eigenvalue weighted by molar-refractivity contribution is -0.120. The van der Waals surface area contributed by atoms with Crippen molar-refractivity contribution in [2.24, 2.45) is 0 Å². The molecule has 0 aliphatic rings. The number of benzene rings is 2. The fourth-order valence-electron chi connectivity index (χ4n) is 2.09. The van der Waals surface area contributed by atoms with E-state index in [1.54, 1.807) is 6.08 Å². The highest BCUT2D eigenvalue weighted by Crippen LogP contribution is 2.14. The summed E-state index contributed by atoms with van der Waals surface area (Å²) < 4.78 is 0. The fraction of sp³-hybridized carbons (Fsp3) is 0.158. The lowest BCUT2D eigenvalue weighted by Gasteiger charge is -2.11. The maximum Gasteiger partial charge on any atom is 0.272 e. The normalized spacial score (nSPS) is 11.0. The van der Waals surface area contributed by atoms with Crippen molar-refractivity contribution < 1.29 is 9.59 Å². The molecule has 0 aliphatic carbocycles. The maximum absolute atomic E-state index is 12.5. The number of nitrogens with one attached hydrogen (secondary N) is 2. The molecule has 2 rings (SSSR count). The maximum atomic E-state index is 12.5. The molecule has 4 nitrogen and oxygen atoms in total. The summed E-state index contributed by atoms with van der Waals surface area (Å²) >= 11 is 0. The second-order valence-corrected chi connectivity index (χ2v) is 5.42. The van der Waals surface area contributed by atoms with Crippen LogP contribution >= 0.6 is 0 Å². The Bertz CT molecular complexity index is 746. The summed E-state index contributed by atoms with van der Waals surface area (Å²) in [7, 11) is 0. The highest BCUT2D eigenvalue weighted by molar-refractivity contribution is 6.08. The van der Waals surface area contributed by atoms with Gasteiger partial charge < -0.3 is 10.6 Å². The van der Waals surface area contributed by atoms with Crippen LogP contribution in [0.5, 0.6) is 0 Å². The lowest BCUT2D eigenvalue weighted by atomic mass is 10.1. The highest BCUT2D eigenvalue weighted by atomic mass is 16.2. The van der Waals surface area contributed by atoms with E-state index >= 15 is 0 Å². The van der Waals surface area contributed by atoms with E-state index in [1.165, 1.54) is 6.92 Å². The third kappa shape index (κ3) is 4.81. The molecule has 4 heteroatoms. The smallest absolute Gasteiger partial charge is 0.272 e. The Morgan fingerprint density at radius 3 is 2.22 bits per heavy atom. The van der Waals surface area contributed by atoms with E-state index in [2.05, 4.69) is 10.6 Å². The Kier molecular flexibility index (Phi) is 5.31. The van der Waals surface area contributed by atoms with Crippen LogP contribution in [-0.4, -0.2) is 11.8 Å². The molecule has 0 fully saturated rings. The van der Waals surface area contributed by atoms with Gasteiger partial charge in [0.2, 0.25) is 5.91 Å². The van der Waals surface area contributed by atoms with E-state index < -0.39 is 0 Å². The van der Waals surface area contributed by atoms with Gasteiger partial charge >= 0.3 is 0 Å². The first-order valence-corrected chi connectivity index (χ1v) is 7.38. The average Bonchev–Trinajstić information content (AvgIpc) is 2.50. The number of carbonyl (C=O) groups is 2. The number of hydrogen-bond donors (Lipinski definition) is 2. The van der Waals surface area contributed by atoms with Crippen molar-refractivity contribution in [1.29, 1.82) is 0 Å². The quantitative estimate of drug-likeness (QED) is 0.850. The van der Waals surface area contributed by atoms with Crippen LogP contribution in [0.1, 0.15) is 23.6 Å². The van der Waals surface area contributed by atoms with Crippen molar-refractivity contribution in [1.82, 2.24) is 5.32 Å². The number of carbonyl (C=O) groups excluding carboxylic acids is 2. The van der Waals surface area contributed by atoms with Crippen molar-refractivity contribution in [3.8, 4) is 0 Å². The first kappa shape index (κ1) is 16.5. The molecule has 0 heterocycles. The molecule has 0 saturated carbocycles. The van der Waals surface area contributed by atoms with Crippen LogP contribution in [0.25, 0.3) is 6.08 Å². The first-order valence-electron chi connectivity index (χ1n) is 7.38. The summed E-state index contributed by atoms with van der Waals surface area (Å²) in [4.78, 5) is 23.9. The summed E-state index contributed by atoms with van der Waals surface area (Å²) in [6, 6.07) is 15.2. The highest BCUT2D eigenvalue weighted by Gasteiger charge is 2.12. The molecule has 2 aromatic rings. The number of hydrogen-bond acceptors (Lipinski definition) is 2. The zero-order chi connectivity index (χ0) is 16.8. The van der Waals surface area contributed by atoms with Crippen molar-refractivity contribution in [2.75, 3.05) is 5.32 Å². The first-order chi connectivity index (χ1) is 11.0. The minimum atomic E-state index is -0.354. The van der Waals surface area contributed by atoms with E-state index in [-0.39, 0.29) is 17.5 Å². The van der Waals surface area contributed by atoms with Gasteiger partial charge in [0, 0.05) is 12.6 Å². The van der Waals surface area contributed by atoms with Crippen LogP contribution in [0.15, 0.2) is 54.2 Å². The van der Waals surface area contributed by atoms with Gasteiger partial charge in [0.15, 0.2) is 0 Å². The Morgan fingerprint density at radius 1 is 0.957 bits per heavy atom. The molecule has 0 aliphatic heterocycles. The third-order valence-electron chi connectivity index (χ3n) is 3.35. The molecule has 118 valence electrons. The van der Waals surface area contributed by atoms with Crippen LogP contribution < -0.4 is 10.6 Å². The molecule has 2 N–H and O–H groups in total. The van der Waals surface area contributed by atoms with E-state index in [9.17, 15) is 9.59 Å². The van der Waals surface area contributed by atoms with E-state index in [1.807, 2.05) is 62.4 Å². The standard InChI is InChI=1S/C19H20N2O2/c1-13-8-10-17(11-9-13)21-19(23)18(20-15(3)22)12-16-7-5-4-6-14(16)2/h4-12H,1-3H3,(H,20,22)(H,21,23)/b18-12+. The largest absolute Gasteiger partial charge is 0.322 e. The third-order valence-corrected chi connectivity index (χ3v) is 3.35. The van der Waals surface area contributed by atoms with E-state index in [0.717, 1.165) is 16.7 Å². The monoisotopic (exact) mass is 308 g/mol. The van der Waals surface area contributed by atoms with Gasteiger partial charge in [-0.05, 0) is 43.2 Å². The van der Waals surface area contributed by atoms with Gasteiger partial charge in [-0.1, -0.05) is 42.0 Å². The predicted octanol–water partition coefficient (Wildman–Crippen LogP) is 3.42. The molecule has 0 radical (unpaired) electrons. The van der Waals surface area contributed by atoms with Gasteiger partial charge in [-0.25, -0.2) is 0 Å². The van der Waals surface area contributed by atoms with Crippen molar-refractivity contribution >= 4 is 23.6 Å². The van der Waals surface area contributed by atoms with Crippen LogP contribution in [0, 0.1) is 13.8 Å². The Labute approximate surface area is 136 Å². The summed E-state index contributed by atoms with van der Waals surface area (Å²) in [6.45, 7) is 5.31. The SMILES string of the molecule is CC(=O)N/C(=C/c1ccccc1C)C(=O)Nc1ccc(C)cc1. The summed E-state index contributed by atoms with van der Waals surface area (Å²) in [5.74, 6) is -0.642. The molecule has 0 spiro atoms. The average molecular weight is 308 g/mol. The number of aryl methyl sites for hydroxylation is 2. The van der Waals surface area contributed by atoms with Gasteiger partial charge in [-0.2, -0.15) is 0 Å². The zero-order valence-electron chi connectivity index (χ0n) is 13.5. The minimum Gasteiger partial charge on any atom is -0.322 e. The van der Waals surface area contributed by atoms with Gasteiger partial charge in [0.1, 0.15) is 5.70 Å². The van der Waals surface area contributed by atoms with Crippen LogP contribution in [0.2, 0.25) is 0 Å². The molecule has 2 amide bonds. The summed E-state index contributed by atoms with van der Waals surface area (Å²) in [5.41, 5.74) is 3.92. The predicted molar refractivity (Wildman–Crippen MR) is 92.8 cm³/mol. The van der Waals surface area contributed by atoms with Crippen molar-refractivity contribution in [3.63, 3.8) is 0 Å². The van der Waals surface area contributed by atoms with Crippen molar-refractivity contribution in [3.05, 3.63) is 70.9 Å². The molecular weight excluding hydrogens is 288 g/mol. The Morgan fingerprint density at radius 2 is 1.61 bits per heavy atom. The van der Waals surface area contributed by atoms with Crippen LogP contribution in [-0.2, 0) is 9.59 Å². The van der Waals surface area contributed by atoms with Gasteiger partial charge in [-0.3, -0.25) is 9.59 Å². The number of amides is 2. The molecule has 0 saturated heterocycles. The zero-order valence-corrected chi connectivity index (χ0v) is 13.5. The summed E-state index contributed by atoms with van der Waals surface area (Å²) in [6.07, 6.45) is 1.68. The van der Waals surface area contributed by atoms with E-state index in [4.69, 9.17) is 0 Å². The summed E-state index contributed by atoms with van der Waals surface area (Å²) in [5, 5.41) is 5.39. The van der Waals surface area contributed by atoms with Gasteiger partial charge in [0.25, 0.3) is 5.91 Å².